The lowest BCUT2D eigenvalue weighted by Crippen LogP contribution is -1.82. The van der Waals surface area contributed by atoms with Crippen LogP contribution in [0.4, 0.5) is 0 Å². The quantitative estimate of drug-likeness (QED) is 0.0343. The van der Waals surface area contributed by atoms with Crippen molar-refractivity contribution in [3.8, 4) is 0 Å². The average molecular weight is 2390 g/mol. The van der Waals surface area contributed by atoms with E-state index in [1.54, 1.807) is 53.3 Å². The highest BCUT2D eigenvalue weighted by molar-refractivity contribution is 15.0. The first-order chi connectivity index (χ1) is 53.5. The van der Waals surface area contributed by atoms with E-state index >= 15 is 0 Å². The molecule has 0 radical (unpaired) electrons. The largest absolute Gasteiger partial charge is 0.507 e. The highest BCUT2D eigenvalue weighted by atomic mass is 128. The Bertz CT molecular complexity index is 1950. The number of hydrogen-bond donors (Lipinski definition) is 0. The minimum absolute atomic E-state index is 0. The SMILES string of the molecule is C.C=C.C=C.C=C.C=C.CCP(C)(=O)OC.CCP(C)(=O)OC.CCP(C)(=O)OC.CCP(C)(=O)OC.CCP(C)(=O)OC.CCP(C)(=O)OC.CCP(C)(=O)OC.CCP(C)(=O)OC.CC[P+](=O)OC.CC[P+](=O)OC.CC[P+](=O)OC.CC[P+](=O)OC.CC[P+](=O)OC.CC[P+](=O)OC.CC[P+](=O)OC.CO[PH+]=O.CO[PH+]=O.I.II. The summed E-state index contributed by atoms with van der Waals surface area (Å²) in [5.41, 5.74) is 0. The smallest absolute Gasteiger partial charge is 0.332 e. The molecule has 0 spiro atoms. The van der Waals surface area contributed by atoms with Crippen LogP contribution in [0, 0.1) is 0 Å². The van der Waals surface area contributed by atoms with E-state index in [-0.39, 0.29) is 31.4 Å². The zero-order valence-electron chi connectivity index (χ0n) is 79.0. The second kappa shape index (κ2) is 151. The summed E-state index contributed by atoms with van der Waals surface area (Å²) in [4.78, 5) is 0. The van der Waals surface area contributed by atoms with Gasteiger partial charge < -0.3 is 36.2 Å². The summed E-state index contributed by atoms with van der Waals surface area (Å²) < 4.78 is 251. The van der Waals surface area contributed by atoms with Crippen LogP contribution in [-0.2, 0) is 155 Å². The number of rotatable bonds is 32. The fraction of sp³-hybridized carbons (Fsp3) is 0.875. The maximum Gasteiger partial charge on any atom is 0.507 e. The van der Waals surface area contributed by atoms with Crippen LogP contribution in [0.2, 0.25) is 0 Å². The Balaban J connectivity index is -0.0000000359. The van der Waals surface area contributed by atoms with E-state index in [1.807, 2.05) is 104 Å². The standard InChI is InChI=1S/8C4H11O2P.7C3H8O2P.4C2H4.2CH4O2P.CH4.I2.HI/c8*1-4-7(3,5)6-2;7*1-3-6(4)5-2;4*1-2;2*1-3-4-2;;1-2;/h8*4H2,1-3H3;7*3H2,1-2H3;4*1-2H2;2*4H,1H3;1H4;;1H/q;;;;;;;;7*+1;;;;;2*+1;;;. The molecule has 0 saturated heterocycles. The molecule has 0 rings (SSSR count). The van der Waals surface area contributed by atoms with Gasteiger partial charge >= 0.3 is 73.6 Å². The first-order valence-corrected chi connectivity index (χ1v) is 69.8. The maximum atomic E-state index is 10.7. The molecule has 0 amide bonds. The van der Waals surface area contributed by atoms with E-state index < -0.39 is 133 Å². The van der Waals surface area contributed by atoms with Crippen molar-refractivity contribution in [2.24, 2.45) is 0 Å². The van der Waals surface area contributed by atoms with Crippen LogP contribution in [0.5, 0.6) is 0 Å². The van der Waals surface area contributed by atoms with Crippen LogP contribution in [0.15, 0.2) is 52.6 Å². The molecule has 0 saturated carbocycles. The van der Waals surface area contributed by atoms with Gasteiger partial charge in [-0.15, -0.1) is 108 Å². The third-order valence-corrected chi connectivity index (χ3v) is 33.3. The molecule has 0 heterocycles. The first kappa shape index (κ1) is 185. The van der Waals surface area contributed by atoms with Crippen LogP contribution in [0.25, 0.3) is 0 Å². The summed E-state index contributed by atoms with van der Waals surface area (Å²) in [6.07, 6.45) is 9.35. The molecule has 17 unspecified atom stereocenters. The minimum atomic E-state index is -2.15. The van der Waals surface area contributed by atoms with Crippen molar-refractivity contribution in [3.05, 3.63) is 52.6 Å². The average Bonchev–Trinajstić information content (AvgIpc) is 1.03. The van der Waals surface area contributed by atoms with Gasteiger partial charge in [0.15, 0.2) is 102 Å². The summed E-state index contributed by atoms with van der Waals surface area (Å²) in [6, 6.07) is 0. The molecule has 0 aliphatic carbocycles. The fourth-order valence-corrected chi connectivity index (χ4v) is 5.81. The molecule has 0 aromatic heterocycles. The summed E-state index contributed by atoms with van der Waals surface area (Å²) in [6.45, 7) is 64.6. The Hall–Kier alpha value is 3.21. The molecule has 0 fully saturated rings. The van der Waals surface area contributed by atoms with Crippen molar-refractivity contribution >= 4 is 194 Å². The third kappa shape index (κ3) is 253. The van der Waals surface area contributed by atoms with E-state index in [0.29, 0.717) is 92.4 Å². The second-order valence-electron chi connectivity index (χ2n) is 18.5. The Morgan fingerprint density at radius 3 is 0.288 bits per heavy atom. The molecule has 0 aromatic carbocycles. The van der Waals surface area contributed by atoms with Crippen molar-refractivity contribution in [2.75, 3.05) is 267 Å². The number of halogens is 3. The van der Waals surface area contributed by atoms with Gasteiger partial charge in [-0.05, 0) is 89.6 Å². The normalized spacial score (nSPS) is 13.7. The summed E-state index contributed by atoms with van der Waals surface area (Å²) in [7, 11) is -3.04. The molecule has 730 valence electrons. The highest BCUT2D eigenvalue weighted by Gasteiger charge is 2.14. The van der Waals surface area contributed by atoms with Gasteiger partial charge in [0, 0.05) is 197 Å². The Morgan fingerprint density at radius 1 is 0.229 bits per heavy atom. The van der Waals surface area contributed by atoms with E-state index in [9.17, 15) is 68.5 Å². The zero-order chi connectivity index (χ0) is 99.1. The maximum absolute atomic E-state index is 10.7. The molecule has 0 bridgehead atoms. The van der Waals surface area contributed by atoms with Crippen LogP contribution in [0.1, 0.15) is 111 Å². The Kier molecular flexibility index (Phi) is 238. The molecule has 0 aliphatic heterocycles. The van der Waals surface area contributed by atoms with Crippen LogP contribution >= 0.6 is 194 Å². The fourth-order valence-electron chi connectivity index (χ4n) is 1.94. The lowest BCUT2D eigenvalue weighted by Gasteiger charge is -2.04. The Labute approximate surface area is 772 Å². The lowest BCUT2D eigenvalue weighted by molar-refractivity contribution is 0.399. The van der Waals surface area contributed by atoms with Gasteiger partial charge in [0.05, 0.1) is 64.0 Å². The monoisotopic (exact) mass is 2390 g/mol. The van der Waals surface area contributed by atoms with Crippen molar-refractivity contribution in [1.29, 1.82) is 0 Å². The molecular weight excluding hydrogens is 2220 g/mol. The van der Waals surface area contributed by atoms with Gasteiger partial charge in [-0.2, -0.15) is 9.05 Å². The molecular formula is C64H173I3O34P17+9. The zero-order valence-corrected chi connectivity index (χ0v) is 101. The molecule has 34 nitrogen and oxygen atoms in total. The van der Waals surface area contributed by atoms with E-state index in [4.69, 9.17) is 9.13 Å². The van der Waals surface area contributed by atoms with Crippen molar-refractivity contribution in [3.63, 3.8) is 0 Å². The predicted molar refractivity (Wildman–Crippen MR) is 552 cm³/mol. The van der Waals surface area contributed by atoms with Gasteiger partial charge in [0.1, 0.15) is 0 Å². The lowest BCUT2D eigenvalue weighted by atomic mass is 11.0. The van der Waals surface area contributed by atoms with E-state index in [0.717, 1.165) is 0 Å². The van der Waals surface area contributed by atoms with Gasteiger partial charge in [-0.3, -0.25) is 36.5 Å². The molecule has 17 atom stereocenters. The van der Waals surface area contributed by atoms with Gasteiger partial charge in [-0.25, -0.2) is 0 Å². The van der Waals surface area contributed by atoms with Crippen molar-refractivity contribution < 1.29 is 155 Å². The summed E-state index contributed by atoms with van der Waals surface area (Å²) >= 11 is 4.24. The Morgan fingerprint density at radius 2 is 0.288 bits per heavy atom. The molecule has 0 N–H and O–H groups in total. The number of hydrogen-bond acceptors (Lipinski definition) is 34. The van der Waals surface area contributed by atoms with Crippen molar-refractivity contribution in [2.45, 2.75) is 111 Å². The van der Waals surface area contributed by atoms with Gasteiger partial charge in [0.2, 0.25) is 0 Å². The van der Waals surface area contributed by atoms with Crippen LogP contribution in [0.3, 0.4) is 0 Å². The van der Waals surface area contributed by atoms with Gasteiger partial charge in [-0.1, -0.05) is 62.8 Å². The molecule has 118 heavy (non-hydrogen) atoms. The third-order valence-electron chi connectivity index (χ3n) is 11.1. The first-order valence-electron chi connectivity index (χ1n) is 34.3. The minimum Gasteiger partial charge on any atom is -0.332 e. The molecule has 54 heteroatoms. The predicted octanol–water partition coefficient (Wildman–Crippen LogP) is 29.6. The molecule has 0 aromatic rings. The van der Waals surface area contributed by atoms with E-state index in [1.165, 1.54) is 121 Å². The molecule has 0 aliphatic rings. The highest BCUT2D eigenvalue weighted by Crippen LogP contribution is 2.44. The second-order valence-corrected chi connectivity index (χ2v) is 55.5. The van der Waals surface area contributed by atoms with Crippen molar-refractivity contribution in [1.82, 2.24) is 0 Å². The van der Waals surface area contributed by atoms with E-state index in [2.05, 4.69) is 167 Å². The van der Waals surface area contributed by atoms with Gasteiger partial charge in [0.25, 0.3) is 0 Å². The van der Waals surface area contributed by atoms with Crippen LogP contribution in [-0.4, -0.2) is 267 Å². The van der Waals surface area contributed by atoms with Crippen LogP contribution < -0.4 is 0 Å². The summed E-state index contributed by atoms with van der Waals surface area (Å²) in [5, 5.41) is 0. The topological polar surface area (TPSA) is 447 Å². The summed E-state index contributed by atoms with van der Waals surface area (Å²) in [5.74, 6) is 0.